The van der Waals surface area contributed by atoms with E-state index in [1.807, 2.05) is 36.7 Å². The number of hydrogen-bond donors (Lipinski definition) is 0. The van der Waals surface area contributed by atoms with E-state index in [1.54, 1.807) is 0 Å². The standard InChI is InChI=1S/C14H16N2O.C2H6/c1-14(2,3)13-8-11-10-6-4-5-7-12(10)17-9-16(11)15-13;1-2/h4-8H,9H2,1-3H3;1-2H3. The first-order valence-electron chi connectivity index (χ1n) is 6.86. The van der Waals surface area contributed by atoms with Crippen LogP contribution in [0.2, 0.25) is 0 Å². The van der Waals surface area contributed by atoms with Crippen molar-refractivity contribution in [1.82, 2.24) is 9.78 Å². The zero-order chi connectivity index (χ0) is 14.0. The minimum Gasteiger partial charge on any atom is -0.471 e. The van der Waals surface area contributed by atoms with Gasteiger partial charge in [0.2, 0.25) is 0 Å². The molecule has 0 N–H and O–H groups in total. The van der Waals surface area contributed by atoms with Crippen LogP contribution in [0.5, 0.6) is 5.75 Å². The number of rotatable bonds is 0. The minimum atomic E-state index is 0.0687. The summed E-state index contributed by atoms with van der Waals surface area (Å²) in [5, 5.41) is 4.61. The van der Waals surface area contributed by atoms with Crippen LogP contribution in [-0.2, 0) is 12.1 Å². The van der Waals surface area contributed by atoms with E-state index in [1.165, 1.54) is 0 Å². The van der Waals surface area contributed by atoms with E-state index in [-0.39, 0.29) is 5.41 Å². The first-order chi connectivity index (χ1) is 9.05. The van der Waals surface area contributed by atoms with Gasteiger partial charge in [0.25, 0.3) is 0 Å². The van der Waals surface area contributed by atoms with E-state index in [4.69, 9.17) is 4.74 Å². The van der Waals surface area contributed by atoms with Crippen LogP contribution in [0.1, 0.15) is 40.3 Å². The minimum absolute atomic E-state index is 0.0687. The Bertz CT molecular complexity index is 564. The topological polar surface area (TPSA) is 27.1 Å². The van der Waals surface area contributed by atoms with Gasteiger partial charge in [0, 0.05) is 11.0 Å². The lowest BCUT2D eigenvalue weighted by molar-refractivity contribution is 0.213. The van der Waals surface area contributed by atoms with Gasteiger partial charge in [-0.05, 0) is 18.2 Å². The second kappa shape index (κ2) is 5.08. The number of fused-ring (bicyclic) bond motifs is 3. The molecule has 0 atom stereocenters. The Kier molecular flexibility index (Phi) is 3.65. The highest BCUT2D eigenvalue weighted by Gasteiger charge is 2.24. The molecule has 0 bridgehead atoms. The van der Waals surface area contributed by atoms with Gasteiger partial charge in [0.1, 0.15) is 5.75 Å². The molecule has 3 heteroatoms. The van der Waals surface area contributed by atoms with Crippen LogP contribution < -0.4 is 4.74 Å². The van der Waals surface area contributed by atoms with Crippen LogP contribution >= 0.6 is 0 Å². The highest BCUT2D eigenvalue weighted by Crippen LogP contribution is 2.35. The molecule has 0 saturated heterocycles. The average Bonchev–Trinajstić information content (AvgIpc) is 2.85. The fraction of sp³-hybridized carbons (Fsp3) is 0.438. The van der Waals surface area contributed by atoms with Gasteiger partial charge in [-0.1, -0.05) is 46.8 Å². The van der Waals surface area contributed by atoms with Gasteiger partial charge < -0.3 is 4.74 Å². The maximum Gasteiger partial charge on any atom is 0.181 e. The molecule has 0 radical (unpaired) electrons. The monoisotopic (exact) mass is 258 g/mol. The predicted octanol–water partition coefficient (Wildman–Crippen LogP) is 4.22. The van der Waals surface area contributed by atoms with Crippen molar-refractivity contribution >= 4 is 0 Å². The first-order valence-corrected chi connectivity index (χ1v) is 6.86. The van der Waals surface area contributed by atoms with E-state index in [0.29, 0.717) is 6.73 Å². The van der Waals surface area contributed by atoms with Crippen LogP contribution in [-0.4, -0.2) is 9.78 Å². The van der Waals surface area contributed by atoms with Crippen molar-refractivity contribution in [3.8, 4) is 17.0 Å². The molecular weight excluding hydrogens is 236 g/mol. The molecule has 2 heterocycles. The predicted molar refractivity (Wildman–Crippen MR) is 78.3 cm³/mol. The van der Waals surface area contributed by atoms with Crippen molar-refractivity contribution in [1.29, 1.82) is 0 Å². The molecule has 1 aromatic carbocycles. The van der Waals surface area contributed by atoms with E-state index in [9.17, 15) is 0 Å². The molecular formula is C16H22N2O. The first kappa shape index (κ1) is 13.7. The van der Waals surface area contributed by atoms with Gasteiger partial charge >= 0.3 is 0 Å². The third-order valence-corrected chi connectivity index (χ3v) is 3.05. The Hall–Kier alpha value is -1.77. The molecule has 0 aliphatic carbocycles. The van der Waals surface area contributed by atoms with Gasteiger partial charge in [-0.15, -0.1) is 0 Å². The van der Waals surface area contributed by atoms with Crippen LogP contribution in [0.4, 0.5) is 0 Å². The number of para-hydroxylation sites is 1. The summed E-state index contributed by atoms with van der Waals surface area (Å²) in [4.78, 5) is 0. The molecule has 1 aliphatic rings. The zero-order valence-corrected chi connectivity index (χ0v) is 12.4. The van der Waals surface area contributed by atoms with Gasteiger partial charge in [-0.3, -0.25) is 0 Å². The van der Waals surface area contributed by atoms with Gasteiger partial charge in [-0.25, -0.2) is 4.68 Å². The Morgan fingerprint density at radius 1 is 1.16 bits per heavy atom. The molecule has 0 unspecified atom stereocenters. The lowest BCUT2D eigenvalue weighted by atomic mass is 9.92. The number of benzene rings is 1. The Morgan fingerprint density at radius 2 is 1.84 bits per heavy atom. The van der Waals surface area contributed by atoms with Crippen molar-refractivity contribution in [2.24, 2.45) is 0 Å². The molecule has 1 aromatic heterocycles. The average molecular weight is 258 g/mol. The highest BCUT2D eigenvalue weighted by atomic mass is 16.5. The summed E-state index contributed by atoms with van der Waals surface area (Å²) in [5.41, 5.74) is 3.45. The number of ether oxygens (including phenoxy) is 1. The molecule has 2 aromatic rings. The summed E-state index contributed by atoms with van der Waals surface area (Å²) in [7, 11) is 0. The molecule has 0 amide bonds. The molecule has 3 rings (SSSR count). The second-order valence-electron chi connectivity index (χ2n) is 5.43. The molecule has 0 saturated carbocycles. The lowest BCUT2D eigenvalue weighted by Crippen LogP contribution is -2.16. The van der Waals surface area contributed by atoms with E-state index in [2.05, 4.69) is 38.0 Å². The van der Waals surface area contributed by atoms with Crippen molar-refractivity contribution in [3.05, 3.63) is 36.0 Å². The second-order valence-corrected chi connectivity index (χ2v) is 5.43. The van der Waals surface area contributed by atoms with Crippen molar-refractivity contribution in [2.45, 2.75) is 46.8 Å². The smallest absolute Gasteiger partial charge is 0.181 e. The fourth-order valence-corrected chi connectivity index (χ4v) is 2.03. The van der Waals surface area contributed by atoms with Crippen molar-refractivity contribution in [2.75, 3.05) is 0 Å². The lowest BCUT2D eigenvalue weighted by Gasteiger charge is -2.18. The van der Waals surface area contributed by atoms with E-state index >= 15 is 0 Å². The van der Waals surface area contributed by atoms with Gasteiger partial charge in [0.15, 0.2) is 6.73 Å². The largest absolute Gasteiger partial charge is 0.471 e. The van der Waals surface area contributed by atoms with Gasteiger partial charge in [0.05, 0.1) is 11.4 Å². The molecule has 0 spiro atoms. The maximum absolute atomic E-state index is 5.68. The molecule has 19 heavy (non-hydrogen) atoms. The Morgan fingerprint density at radius 3 is 2.53 bits per heavy atom. The zero-order valence-electron chi connectivity index (χ0n) is 12.4. The number of aromatic nitrogens is 2. The number of hydrogen-bond acceptors (Lipinski definition) is 2. The van der Waals surface area contributed by atoms with Crippen molar-refractivity contribution < 1.29 is 4.74 Å². The highest BCUT2D eigenvalue weighted by molar-refractivity contribution is 5.68. The van der Waals surface area contributed by atoms with Gasteiger partial charge in [-0.2, -0.15) is 5.10 Å². The quantitative estimate of drug-likeness (QED) is 0.707. The third kappa shape index (κ3) is 2.50. The van der Waals surface area contributed by atoms with Crippen LogP contribution in [0, 0.1) is 0 Å². The molecule has 3 nitrogen and oxygen atoms in total. The van der Waals surface area contributed by atoms with Crippen LogP contribution in [0.3, 0.4) is 0 Å². The summed E-state index contributed by atoms with van der Waals surface area (Å²) >= 11 is 0. The third-order valence-electron chi connectivity index (χ3n) is 3.05. The van der Waals surface area contributed by atoms with Crippen LogP contribution in [0.15, 0.2) is 30.3 Å². The summed E-state index contributed by atoms with van der Waals surface area (Å²) in [6, 6.07) is 10.3. The molecule has 0 fully saturated rings. The Balaban J connectivity index is 0.000000637. The van der Waals surface area contributed by atoms with E-state index < -0.39 is 0 Å². The summed E-state index contributed by atoms with van der Waals surface area (Å²) in [6.45, 7) is 11.0. The SMILES string of the molecule is CC.CC(C)(C)c1cc2n(n1)COc1ccccc1-2. The van der Waals surface area contributed by atoms with E-state index in [0.717, 1.165) is 22.7 Å². The molecule has 1 aliphatic heterocycles. The van der Waals surface area contributed by atoms with Crippen molar-refractivity contribution in [3.63, 3.8) is 0 Å². The maximum atomic E-state index is 5.68. The molecule has 102 valence electrons. The summed E-state index contributed by atoms with van der Waals surface area (Å²) in [6.07, 6.45) is 0. The Labute approximate surface area is 115 Å². The normalized spacial score (nSPS) is 12.7. The summed E-state index contributed by atoms with van der Waals surface area (Å²) in [5.74, 6) is 0.945. The summed E-state index contributed by atoms with van der Waals surface area (Å²) < 4.78 is 7.61. The fourth-order valence-electron chi connectivity index (χ4n) is 2.03. The van der Waals surface area contributed by atoms with Crippen LogP contribution in [0.25, 0.3) is 11.3 Å². The number of nitrogens with zero attached hydrogens (tertiary/aromatic N) is 2.